The van der Waals surface area contributed by atoms with Gasteiger partial charge in [-0.3, -0.25) is 4.79 Å². The summed E-state index contributed by atoms with van der Waals surface area (Å²) in [4.78, 5) is 28.2. The molecule has 0 amide bonds. The molecule has 0 aliphatic heterocycles. The molecule has 14 heavy (non-hydrogen) atoms. The third-order valence-corrected chi connectivity index (χ3v) is 0.667. The van der Waals surface area contributed by atoms with Gasteiger partial charge in [0.2, 0.25) is 0 Å². The Bertz CT molecular complexity index is 230. The Morgan fingerprint density at radius 3 is 1.36 bits per heavy atom. The second-order valence-electron chi connectivity index (χ2n) is 1.76. The first-order chi connectivity index (χ1) is 5.77. The fourth-order valence-electron chi connectivity index (χ4n) is 0.258. The van der Waals surface area contributed by atoms with Gasteiger partial charge in [-0.1, -0.05) is 6.58 Å². The SMILES string of the molecule is C=C(CC(=O)O)C(=O)O.O=C(O)O.[CaH2]. The second kappa shape index (κ2) is 10.3. The van der Waals surface area contributed by atoms with Crippen LogP contribution in [0.1, 0.15) is 6.42 Å². The third kappa shape index (κ3) is 22.5. The molecule has 0 radical (unpaired) electrons. The second-order valence-corrected chi connectivity index (χ2v) is 1.76. The number of carbonyl (C=O) groups is 3. The van der Waals surface area contributed by atoms with Crippen LogP contribution in [0.15, 0.2) is 12.2 Å². The van der Waals surface area contributed by atoms with Crippen molar-refractivity contribution in [3.8, 4) is 0 Å². The molecule has 0 atom stereocenters. The van der Waals surface area contributed by atoms with Gasteiger partial charge in [-0.25, -0.2) is 9.59 Å². The monoisotopic (exact) mass is 234 g/mol. The van der Waals surface area contributed by atoms with Crippen LogP contribution in [0, 0.1) is 0 Å². The quantitative estimate of drug-likeness (QED) is 0.379. The van der Waals surface area contributed by atoms with Crippen molar-refractivity contribution in [2.75, 3.05) is 0 Å². The molecule has 0 rings (SSSR count). The van der Waals surface area contributed by atoms with Crippen LogP contribution in [0.4, 0.5) is 4.79 Å². The molecule has 0 aliphatic carbocycles. The predicted molar refractivity (Wildman–Crippen MR) is 48.2 cm³/mol. The summed E-state index contributed by atoms with van der Waals surface area (Å²) in [6.07, 6.45) is -2.34. The molecule has 0 spiro atoms. The van der Waals surface area contributed by atoms with E-state index in [0.29, 0.717) is 0 Å². The summed E-state index contributed by atoms with van der Waals surface area (Å²) in [5, 5.41) is 30.0. The van der Waals surface area contributed by atoms with Crippen LogP contribution in [-0.4, -0.2) is 76.3 Å². The first-order valence-electron chi connectivity index (χ1n) is 2.82. The van der Waals surface area contributed by atoms with Crippen molar-refractivity contribution in [3.05, 3.63) is 12.2 Å². The number of hydrogen-bond donors (Lipinski definition) is 4. The van der Waals surface area contributed by atoms with Crippen molar-refractivity contribution in [2.24, 2.45) is 0 Å². The van der Waals surface area contributed by atoms with E-state index in [1.807, 2.05) is 0 Å². The molecule has 0 aromatic rings. The molecular formula is C6H10CaO7. The molecule has 7 nitrogen and oxygen atoms in total. The van der Waals surface area contributed by atoms with E-state index in [2.05, 4.69) is 6.58 Å². The van der Waals surface area contributed by atoms with Crippen LogP contribution in [-0.2, 0) is 9.59 Å². The third-order valence-electron chi connectivity index (χ3n) is 0.667. The van der Waals surface area contributed by atoms with Gasteiger partial charge in [0, 0.05) is 5.57 Å². The first kappa shape index (κ1) is 18.9. The Morgan fingerprint density at radius 2 is 1.29 bits per heavy atom. The zero-order chi connectivity index (χ0) is 11.0. The molecule has 0 fully saturated rings. The summed E-state index contributed by atoms with van der Waals surface area (Å²) in [6, 6.07) is 0. The molecular weight excluding hydrogens is 224 g/mol. The zero-order valence-electron chi connectivity index (χ0n) is 6.43. The molecule has 78 valence electrons. The molecule has 0 unspecified atom stereocenters. The first-order valence-corrected chi connectivity index (χ1v) is 2.82. The van der Waals surface area contributed by atoms with E-state index in [-0.39, 0.29) is 43.3 Å². The zero-order valence-corrected chi connectivity index (χ0v) is 6.43. The van der Waals surface area contributed by atoms with Crippen LogP contribution in [0.5, 0.6) is 0 Å². The van der Waals surface area contributed by atoms with Crippen LogP contribution < -0.4 is 0 Å². The van der Waals surface area contributed by atoms with Gasteiger partial charge in [0.25, 0.3) is 0 Å². The van der Waals surface area contributed by atoms with Gasteiger partial charge in [-0.15, -0.1) is 0 Å². The van der Waals surface area contributed by atoms with E-state index in [1.165, 1.54) is 0 Å². The summed E-state index contributed by atoms with van der Waals surface area (Å²) in [7, 11) is 0. The van der Waals surface area contributed by atoms with Crippen LogP contribution in [0.3, 0.4) is 0 Å². The molecule has 0 heterocycles. The van der Waals surface area contributed by atoms with Crippen LogP contribution >= 0.6 is 0 Å². The van der Waals surface area contributed by atoms with E-state index < -0.39 is 24.5 Å². The average Bonchev–Trinajstić information content (AvgIpc) is 1.83. The topological polar surface area (TPSA) is 132 Å². The van der Waals surface area contributed by atoms with E-state index in [1.54, 1.807) is 0 Å². The van der Waals surface area contributed by atoms with E-state index >= 15 is 0 Å². The van der Waals surface area contributed by atoms with Crippen LogP contribution in [0.2, 0.25) is 0 Å². The maximum atomic E-state index is 9.87. The summed E-state index contributed by atoms with van der Waals surface area (Å²) < 4.78 is 0. The number of carboxylic acids is 2. The van der Waals surface area contributed by atoms with Gasteiger partial charge in [0.1, 0.15) is 0 Å². The van der Waals surface area contributed by atoms with Crippen molar-refractivity contribution in [2.45, 2.75) is 6.42 Å². The number of rotatable bonds is 3. The van der Waals surface area contributed by atoms with Crippen molar-refractivity contribution in [1.29, 1.82) is 0 Å². The molecule has 0 aromatic carbocycles. The Morgan fingerprint density at radius 1 is 1.00 bits per heavy atom. The molecule has 0 aromatic heterocycles. The van der Waals surface area contributed by atoms with Gasteiger partial charge in [0.05, 0.1) is 6.42 Å². The van der Waals surface area contributed by atoms with E-state index in [9.17, 15) is 9.59 Å². The molecule has 0 saturated carbocycles. The van der Waals surface area contributed by atoms with Gasteiger partial charge in [-0.2, -0.15) is 0 Å². The fourth-order valence-corrected chi connectivity index (χ4v) is 0.258. The Kier molecular flexibility index (Phi) is 13.9. The predicted octanol–water partition coefficient (Wildman–Crippen LogP) is -0.592. The maximum absolute atomic E-state index is 9.87. The number of carboxylic acid groups (broad SMARTS) is 4. The van der Waals surface area contributed by atoms with Crippen molar-refractivity contribution < 1.29 is 34.8 Å². The fraction of sp³-hybridized carbons (Fsp3) is 0.167. The minimum atomic E-state index is -1.83. The molecule has 0 bridgehead atoms. The Labute approximate surface area is 109 Å². The van der Waals surface area contributed by atoms with Crippen molar-refractivity contribution >= 4 is 55.8 Å². The van der Waals surface area contributed by atoms with Gasteiger partial charge in [-0.05, 0) is 0 Å². The standard InChI is InChI=1S/C5H6O4.CH2O3.Ca.2H/c1-3(5(8)9)2-4(6)7;2-1(3)4;;;/h1-2H2,(H,6,7)(H,8,9);(H2,2,3,4);;;. The van der Waals surface area contributed by atoms with Gasteiger partial charge in [0.15, 0.2) is 0 Å². The minimum absolute atomic E-state index is 0. The summed E-state index contributed by atoms with van der Waals surface area (Å²) in [5.41, 5.74) is -0.303. The van der Waals surface area contributed by atoms with Crippen molar-refractivity contribution in [1.82, 2.24) is 0 Å². The van der Waals surface area contributed by atoms with Crippen LogP contribution in [0.25, 0.3) is 0 Å². The summed E-state index contributed by atoms with van der Waals surface area (Å²) in [6.45, 7) is 3.01. The number of hydrogen-bond acceptors (Lipinski definition) is 3. The van der Waals surface area contributed by atoms with E-state index in [0.717, 1.165) is 0 Å². The van der Waals surface area contributed by atoms with E-state index in [4.69, 9.17) is 25.2 Å². The molecule has 0 saturated heterocycles. The van der Waals surface area contributed by atoms with Gasteiger partial charge < -0.3 is 20.4 Å². The molecule has 4 N–H and O–H groups in total. The van der Waals surface area contributed by atoms with Crippen molar-refractivity contribution in [3.63, 3.8) is 0 Å². The summed E-state index contributed by atoms with van der Waals surface area (Å²) >= 11 is 0. The Balaban J connectivity index is -0.000000209. The summed E-state index contributed by atoms with van der Waals surface area (Å²) in [5.74, 6) is -2.44. The normalized spacial score (nSPS) is 7.14. The molecule has 8 heteroatoms. The number of aliphatic carboxylic acids is 2. The average molecular weight is 234 g/mol. The Hall–Kier alpha value is -0.790. The molecule has 0 aliphatic rings. The van der Waals surface area contributed by atoms with Gasteiger partial charge >= 0.3 is 55.8 Å².